The Balaban J connectivity index is 0.000000276. The molecule has 210 valence electrons. The summed E-state index contributed by atoms with van der Waals surface area (Å²) < 4.78 is 5.55. The quantitative estimate of drug-likeness (QED) is 0.330. The zero-order valence-corrected chi connectivity index (χ0v) is 23.5. The van der Waals surface area contributed by atoms with Gasteiger partial charge in [-0.3, -0.25) is 14.4 Å². The average molecular weight is 536 g/mol. The molecule has 2 aromatic carbocycles. The minimum atomic E-state index is -0.839. The van der Waals surface area contributed by atoms with Crippen molar-refractivity contribution in [3.05, 3.63) is 58.7 Å². The van der Waals surface area contributed by atoms with E-state index in [1.807, 2.05) is 45.0 Å². The van der Waals surface area contributed by atoms with Gasteiger partial charge >= 0.3 is 5.97 Å². The molecule has 2 aromatic rings. The number of anilines is 1. The van der Waals surface area contributed by atoms with E-state index in [1.165, 1.54) is 0 Å². The minimum absolute atomic E-state index is 0.0179. The monoisotopic (exact) mass is 535 g/mol. The number of nitrogens with one attached hydrogen (secondary N) is 2. The molecule has 2 amide bonds. The predicted molar refractivity (Wildman–Crippen MR) is 152 cm³/mol. The fourth-order valence-corrected chi connectivity index (χ4v) is 4.17. The van der Waals surface area contributed by atoms with Crippen molar-refractivity contribution in [2.24, 2.45) is 5.92 Å². The van der Waals surface area contributed by atoms with E-state index in [4.69, 9.17) is 15.1 Å². The van der Waals surface area contributed by atoms with E-state index in [0.717, 1.165) is 61.2 Å². The molecule has 3 rings (SSSR count). The lowest BCUT2D eigenvalue weighted by Crippen LogP contribution is -2.32. The van der Waals surface area contributed by atoms with E-state index in [0.29, 0.717) is 24.1 Å². The zero-order chi connectivity index (χ0) is 28.8. The summed E-state index contributed by atoms with van der Waals surface area (Å²) in [5.74, 6) is -0.0905. The first-order valence-electron chi connectivity index (χ1n) is 13.8. The van der Waals surface area contributed by atoms with Crippen molar-refractivity contribution >= 4 is 23.5 Å². The van der Waals surface area contributed by atoms with Crippen molar-refractivity contribution in [2.45, 2.75) is 85.1 Å². The number of benzene rings is 2. The molecule has 0 aromatic heterocycles. The largest absolute Gasteiger partial charge is 0.493 e. The summed E-state index contributed by atoms with van der Waals surface area (Å²) in [4.78, 5) is 34.6. The molecular formula is C31H41N3O5. The van der Waals surface area contributed by atoms with Crippen molar-refractivity contribution in [1.29, 1.82) is 5.26 Å². The molecule has 1 aliphatic heterocycles. The highest BCUT2D eigenvalue weighted by Gasteiger charge is 2.15. The van der Waals surface area contributed by atoms with Gasteiger partial charge in [-0.2, -0.15) is 5.26 Å². The van der Waals surface area contributed by atoms with Crippen molar-refractivity contribution in [3.8, 4) is 11.8 Å². The number of rotatable bonds is 11. The number of carboxylic acid groups (broad SMARTS) is 1. The van der Waals surface area contributed by atoms with Crippen molar-refractivity contribution in [3.63, 3.8) is 0 Å². The molecule has 0 radical (unpaired) electrons. The lowest BCUT2D eigenvalue weighted by Gasteiger charge is -2.18. The summed E-state index contributed by atoms with van der Waals surface area (Å²) in [5, 5.41) is 23.5. The van der Waals surface area contributed by atoms with Crippen molar-refractivity contribution < 1.29 is 24.2 Å². The van der Waals surface area contributed by atoms with Crippen molar-refractivity contribution in [2.75, 3.05) is 11.9 Å². The first kappa shape index (κ1) is 31.4. The number of nitriles is 1. The Kier molecular flexibility index (Phi) is 13.0. The lowest BCUT2D eigenvalue weighted by atomic mass is 10.0. The van der Waals surface area contributed by atoms with Gasteiger partial charge in [0.15, 0.2) is 0 Å². The van der Waals surface area contributed by atoms with Gasteiger partial charge in [0, 0.05) is 29.6 Å². The van der Waals surface area contributed by atoms with Gasteiger partial charge in [-0.15, -0.1) is 0 Å². The maximum atomic E-state index is 12.1. The lowest BCUT2D eigenvalue weighted by molar-refractivity contribution is -0.137. The number of hydrogen-bond donors (Lipinski definition) is 3. The average Bonchev–Trinajstić information content (AvgIpc) is 2.93. The third-order valence-electron chi connectivity index (χ3n) is 6.66. The highest BCUT2D eigenvalue weighted by molar-refractivity contribution is 5.95. The Morgan fingerprint density at radius 3 is 2.56 bits per heavy atom. The van der Waals surface area contributed by atoms with Crippen LogP contribution in [0.15, 0.2) is 36.4 Å². The van der Waals surface area contributed by atoms with Gasteiger partial charge in [0.25, 0.3) is 5.91 Å². The molecule has 0 bridgehead atoms. The summed E-state index contributed by atoms with van der Waals surface area (Å²) in [5.41, 5.74) is 3.81. The number of amides is 2. The van der Waals surface area contributed by atoms with Gasteiger partial charge < -0.3 is 20.5 Å². The second kappa shape index (κ2) is 16.2. The molecule has 8 nitrogen and oxygen atoms in total. The van der Waals surface area contributed by atoms with E-state index in [9.17, 15) is 14.4 Å². The van der Waals surface area contributed by atoms with Crippen LogP contribution < -0.4 is 15.4 Å². The van der Waals surface area contributed by atoms with Gasteiger partial charge in [0.1, 0.15) is 5.75 Å². The summed E-state index contributed by atoms with van der Waals surface area (Å²) in [7, 11) is 0. The number of carboxylic acids is 1. The van der Waals surface area contributed by atoms with Crippen LogP contribution in [0.5, 0.6) is 5.75 Å². The van der Waals surface area contributed by atoms with Crippen LogP contribution in [0.1, 0.15) is 93.3 Å². The van der Waals surface area contributed by atoms with Crippen LogP contribution in [0.3, 0.4) is 0 Å². The molecule has 0 saturated heterocycles. The van der Waals surface area contributed by atoms with Crippen molar-refractivity contribution in [1.82, 2.24) is 5.32 Å². The van der Waals surface area contributed by atoms with Gasteiger partial charge in [-0.1, -0.05) is 33.3 Å². The molecule has 1 heterocycles. The Labute approximate surface area is 231 Å². The number of nitrogens with zero attached hydrogens (tertiary/aromatic N) is 1. The van der Waals surface area contributed by atoms with Crippen LogP contribution in [0.2, 0.25) is 0 Å². The van der Waals surface area contributed by atoms with Crippen LogP contribution in [0, 0.1) is 17.2 Å². The maximum absolute atomic E-state index is 12.1. The number of aryl methyl sites for hydroxylation is 2. The second-order valence-corrected chi connectivity index (χ2v) is 9.97. The summed E-state index contributed by atoms with van der Waals surface area (Å²) in [6.45, 7) is 8.73. The van der Waals surface area contributed by atoms with Crippen LogP contribution in [-0.2, 0) is 22.4 Å². The fourth-order valence-electron chi connectivity index (χ4n) is 4.17. The molecule has 0 aliphatic carbocycles. The fraction of sp³-hybridized carbons (Fsp3) is 0.484. The molecule has 0 saturated carbocycles. The normalized spacial score (nSPS) is 13.3. The number of ether oxygens (including phenoxy) is 1. The minimum Gasteiger partial charge on any atom is -0.493 e. The number of hydrogen-bond acceptors (Lipinski definition) is 5. The Hall–Kier alpha value is -3.86. The standard InChI is InChI=1S/C16H20N2O3.C15H21NO2/c1-3-11(2)16(21)18-14-9-12(10-17)7-8-13(14)5-4-6-15(19)20;1-3-5-11(2)16-15(17)13-7-8-14-12(10-13)6-4-9-18-14/h7-9,11H,3-6H2,1-2H3,(H,18,21)(H,19,20);7-8,10-11H,3-6,9H2,1-2H3,(H,16,17)/t;11-/m.0/s1. The second-order valence-electron chi connectivity index (χ2n) is 9.97. The number of carbonyl (C=O) groups is 3. The zero-order valence-electron chi connectivity index (χ0n) is 23.5. The van der Waals surface area contributed by atoms with Gasteiger partial charge in [-0.25, -0.2) is 0 Å². The molecule has 3 N–H and O–H groups in total. The molecule has 8 heteroatoms. The molecular weight excluding hydrogens is 494 g/mol. The van der Waals surface area contributed by atoms with Crippen LogP contribution in [0.25, 0.3) is 0 Å². The SMILES string of the molecule is CCC(C)C(=O)Nc1cc(C#N)ccc1CCCC(=O)O.CCC[C@H](C)NC(=O)c1ccc2c(c1)CCCO2. The van der Waals surface area contributed by atoms with Crippen LogP contribution >= 0.6 is 0 Å². The topological polar surface area (TPSA) is 129 Å². The maximum Gasteiger partial charge on any atom is 0.303 e. The third kappa shape index (κ3) is 10.4. The van der Waals surface area contributed by atoms with E-state index >= 15 is 0 Å². The summed E-state index contributed by atoms with van der Waals surface area (Å²) in [6.07, 6.45) is 5.99. The molecule has 39 heavy (non-hydrogen) atoms. The molecule has 0 fully saturated rings. The summed E-state index contributed by atoms with van der Waals surface area (Å²) >= 11 is 0. The Morgan fingerprint density at radius 1 is 1.13 bits per heavy atom. The molecule has 2 atom stereocenters. The molecule has 1 unspecified atom stereocenters. The van der Waals surface area contributed by atoms with Crippen LogP contribution in [0.4, 0.5) is 5.69 Å². The number of carbonyl (C=O) groups excluding carboxylic acids is 2. The van der Waals surface area contributed by atoms with E-state index in [2.05, 4.69) is 17.6 Å². The van der Waals surface area contributed by atoms with Gasteiger partial charge in [0.05, 0.1) is 18.2 Å². The van der Waals surface area contributed by atoms with E-state index < -0.39 is 5.97 Å². The van der Waals surface area contributed by atoms with Gasteiger partial charge in [0.2, 0.25) is 5.91 Å². The Morgan fingerprint density at radius 2 is 1.90 bits per heavy atom. The number of fused-ring (bicyclic) bond motifs is 1. The highest BCUT2D eigenvalue weighted by atomic mass is 16.5. The number of aliphatic carboxylic acids is 1. The molecule has 0 spiro atoms. The third-order valence-corrected chi connectivity index (χ3v) is 6.66. The highest BCUT2D eigenvalue weighted by Crippen LogP contribution is 2.25. The van der Waals surface area contributed by atoms with E-state index in [-0.39, 0.29) is 30.2 Å². The smallest absolute Gasteiger partial charge is 0.303 e. The molecule has 1 aliphatic rings. The first-order valence-corrected chi connectivity index (χ1v) is 13.8. The van der Waals surface area contributed by atoms with Crippen LogP contribution in [-0.4, -0.2) is 35.5 Å². The first-order chi connectivity index (χ1) is 18.7. The summed E-state index contributed by atoms with van der Waals surface area (Å²) in [6, 6.07) is 13.1. The van der Waals surface area contributed by atoms with E-state index in [1.54, 1.807) is 18.2 Å². The predicted octanol–water partition coefficient (Wildman–Crippen LogP) is 5.88. The van der Waals surface area contributed by atoms with Gasteiger partial charge in [-0.05, 0) is 86.9 Å². The Bertz CT molecular complexity index is 1170.